The van der Waals surface area contributed by atoms with Gasteiger partial charge in [0.05, 0.1) is 0 Å². The number of carbonyl (C=O) groups excluding carboxylic acids is 2. The molecule has 1 aromatic rings. The fourth-order valence-corrected chi connectivity index (χ4v) is 2.27. The Hall–Kier alpha value is -2.17. The van der Waals surface area contributed by atoms with Gasteiger partial charge in [0.2, 0.25) is 5.91 Å². The normalized spacial score (nSPS) is 13.3. The van der Waals surface area contributed by atoms with Crippen molar-refractivity contribution in [3.63, 3.8) is 0 Å². The lowest BCUT2D eigenvalue weighted by molar-refractivity contribution is -0.140. The standard InChI is InChI=1S/C17H23NO4/c1-5-15(17(21)22)16(20)14-8-6-13(7-9-14)10-11(2)18(4)12(3)19/h6-9,11,15H,5,10H2,1-4H3,(H,21,22). The smallest absolute Gasteiger partial charge is 0.314 e. The molecule has 0 heterocycles. The fraction of sp³-hybridized carbons (Fsp3) is 0.471. The van der Waals surface area contributed by atoms with E-state index < -0.39 is 11.9 Å². The second-order valence-corrected chi connectivity index (χ2v) is 5.54. The molecule has 0 bridgehead atoms. The van der Waals surface area contributed by atoms with Gasteiger partial charge in [-0.25, -0.2) is 0 Å². The van der Waals surface area contributed by atoms with Crippen LogP contribution in [0, 0.1) is 5.92 Å². The number of hydrogen-bond acceptors (Lipinski definition) is 3. The molecule has 0 aliphatic carbocycles. The summed E-state index contributed by atoms with van der Waals surface area (Å²) in [5.41, 5.74) is 1.41. The SMILES string of the molecule is CCC(C(=O)O)C(=O)c1ccc(CC(C)N(C)C(C)=O)cc1. The van der Waals surface area contributed by atoms with Gasteiger partial charge in [-0.15, -0.1) is 0 Å². The highest BCUT2D eigenvalue weighted by Crippen LogP contribution is 2.15. The summed E-state index contributed by atoms with van der Waals surface area (Å²) in [5.74, 6) is -2.44. The van der Waals surface area contributed by atoms with Crippen LogP contribution < -0.4 is 0 Å². The molecule has 1 rings (SSSR count). The first-order valence-corrected chi connectivity index (χ1v) is 7.37. The zero-order valence-corrected chi connectivity index (χ0v) is 13.5. The van der Waals surface area contributed by atoms with Crippen molar-refractivity contribution in [1.82, 2.24) is 4.90 Å². The van der Waals surface area contributed by atoms with Gasteiger partial charge in [-0.1, -0.05) is 31.2 Å². The third kappa shape index (κ3) is 4.41. The summed E-state index contributed by atoms with van der Waals surface area (Å²) < 4.78 is 0. The summed E-state index contributed by atoms with van der Waals surface area (Å²) in [4.78, 5) is 36.1. The van der Waals surface area contributed by atoms with E-state index in [2.05, 4.69) is 0 Å². The van der Waals surface area contributed by atoms with Gasteiger partial charge in [-0.05, 0) is 25.3 Å². The van der Waals surface area contributed by atoms with Crippen LogP contribution >= 0.6 is 0 Å². The molecule has 22 heavy (non-hydrogen) atoms. The predicted molar refractivity (Wildman–Crippen MR) is 83.8 cm³/mol. The van der Waals surface area contributed by atoms with E-state index in [0.29, 0.717) is 12.0 Å². The van der Waals surface area contributed by atoms with Gasteiger partial charge in [0, 0.05) is 25.6 Å². The van der Waals surface area contributed by atoms with E-state index in [1.165, 1.54) is 6.92 Å². The van der Waals surface area contributed by atoms with E-state index in [-0.39, 0.29) is 24.2 Å². The van der Waals surface area contributed by atoms with Crippen LogP contribution in [0.25, 0.3) is 0 Å². The van der Waals surface area contributed by atoms with E-state index in [1.54, 1.807) is 31.0 Å². The zero-order valence-electron chi connectivity index (χ0n) is 13.5. The third-order valence-corrected chi connectivity index (χ3v) is 3.95. The van der Waals surface area contributed by atoms with Crippen LogP contribution in [0.3, 0.4) is 0 Å². The van der Waals surface area contributed by atoms with Gasteiger partial charge in [0.1, 0.15) is 5.92 Å². The summed E-state index contributed by atoms with van der Waals surface area (Å²) in [5, 5.41) is 9.03. The number of ketones is 1. The molecule has 1 aromatic carbocycles. The maximum atomic E-state index is 12.1. The van der Waals surface area contributed by atoms with Gasteiger partial charge in [-0.3, -0.25) is 14.4 Å². The molecule has 0 aliphatic heterocycles. The number of benzene rings is 1. The molecule has 2 unspecified atom stereocenters. The van der Waals surface area contributed by atoms with Crippen LogP contribution in [-0.4, -0.2) is 40.8 Å². The lowest BCUT2D eigenvalue weighted by Gasteiger charge is -2.23. The highest BCUT2D eigenvalue weighted by Gasteiger charge is 2.25. The Morgan fingerprint density at radius 3 is 2.14 bits per heavy atom. The molecule has 5 nitrogen and oxygen atoms in total. The molecule has 5 heteroatoms. The largest absolute Gasteiger partial charge is 0.481 e. The van der Waals surface area contributed by atoms with Crippen molar-refractivity contribution in [1.29, 1.82) is 0 Å². The van der Waals surface area contributed by atoms with Crippen LogP contribution in [0.4, 0.5) is 0 Å². The van der Waals surface area contributed by atoms with Crippen molar-refractivity contribution in [3.8, 4) is 0 Å². The number of Topliss-reactive ketones (excluding diaryl/α,β-unsaturated/α-hetero) is 1. The van der Waals surface area contributed by atoms with Crippen LogP contribution in [0.5, 0.6) is 0 Å². The van der Waals surface area contributed by atoms with Crippen LogP contribution in [-0.2, 0) is 16.0 Å². The fourth-order valence-electron chi connectivity index (χ4n) is 2.27. The summed E-state index contributed by atoms with van der Waals surface area (Å²) in [6, 6.07) is 6.99. The van der Waals surface area contributed by atoms with Crippen molar-refractivity contribution >= 4 is 17.7 Å². The Morgan fingerprint density at radius 1 is 1.18 bits per heavy atom. The lowest BCUT2D eigenvalue weighted by Crippen LogP contribution is -2.34. The Bertz CT molecular complexity index is 550. The molecule has 0 saturated heterocycles. The maximum absolute atomic E-state index is 12.1. The quantitative estimate of drug-likeness (QED) is 0.620. The van der Waals surface area contributed by atoms with Gasteiger partial charge >= 0.3 is 5.97 Å². The zero-order chi connectivity index (χ0) is 16.9. The van der Waals surface area contributed by atoms with Crippen molar-refractivity contribution < 1.29 is 19.5 Å². The Balaban J connectivity index is 2.80. The van der Waals surface area contributed by atoms with E-state index in [9.17, 15) is 14.4 Å². The summed E-state index contributed by atoms with van der Waals surface area (Å²) in [7, 11) is 1.75. The molecule has 2 atom stereocenters. The second kappa shape index (κ2) is 7.73. The van der Waals surface area contributed by atoms with Crippen molar-refractivity contribution in [2.45, 2.75) is 39.7 Å². The van der Waals surface area contributed by atoms with Gasteiger partial charge in [-0.2, -0.15) is 0 Å². The Labute approximate surface area is 130 Å². The molecule has 0 fully saturated rings. The number of carbonyl (C=O) groups is 3. The number of carboxylic acids is 1. The topological polar surface area (TPSA) is 74.7 Å². The van der Waals surface area contributed by atoms with E-state index >= 15 is 0 Å². The summed E-state index contributed by atoms with van der Waals surface area (Å²) in [6.45, 7) is 5.16. The highest BCUT2D eigenvalue weighted by atomic mass is 16.4. The van der Waals surface area contributed by atoms with Crippen LogP contribution in [0.2, 0.25) is 0 Å². The molecule has 0 saturated carbocycles. The minimum Gasteiger partial charge on any atom is -0.481 e. The molecule has 0 radical (unpaired) electrons. The first-order valence-electron chi connectivity index (χ1n) is 7.37. The monoisotopic (exact) mass is 305 g/mol. The first kappa shape index (κ1) is 17.9. The van der Waals surface area contributed by atoms with Crippen LogP contribution in [0.15, 0.2) is 24.3 Å². The average Bonchev–Trinajstić information content (AvgIpc) is 2.47. The highest BCUT2D eigenvalue weighted by molar-refractivity contribution is 6.08. The third-order valence-electron chi connectivity index (χ3n) is 3.95. The van der Waals surface area contributed by atoms with Gasteiger partial charge in [0.15, 0.2) is 5.78 Å². The van der Waals surface area contributed by atoms with Gasteiger partial charge < -0.3 is 10.0 Å². The van der Waals surface area contributed by atoms with Crippen LogP contribution in [0.1, 0.15) is 43.1 Å². The van der Waals surface area contributed by atoms with Crippen molar-refractivity contribution in [2.75, 3.05) is 7.05 Å². The number of rotatable bonds is 7. The molecule has 0 spiro atoms. The number of amides is 1. The molecule has 1 amide bonds. The van der Waals surface area contributed by atoms with Gasteiger partial charge in [0.25, 0.3) is 0 Å². The summed E-state index contributed by atoms with van der Waals surface area (Å²) in [6.07, 6.45) is 0.955. The molecule has 0 aliphatic rings. The first-order chi connectivity index (χ1) is 10.3. The molecule has 120 valence electrons. The molecular formula is C17H23NO4. The minimum atomic E-state index is -1.09. The van der Waals surface area contributed by atoms with E-state index in [1.807, 2.05) is 19.1 Å². The number of aliphatic carboxylic acids is 1. The predicted octanol–water partition coefficient (Wildman–Crippen LogP) is 2.39. The Kier molecular flexibility index (Phi) is 6.28. The number of nitrogens with zero attached hydrogens (tertiary/aromatic N) is 1. The molecule has 1 N–H and O–H groups in total. The number of hydrogen-bond donors (Lipinski definition) is 1. The molecular weight excluding hydrogens is 282 g/mol. The number of carboxylic acid groups (broad SMARTS) is 1. The van der Waals surface area contributed by atoms with Crippen molar-refractivity contribution in [3.05, 3.63) is 35.4 Å². The van der Waals surface area contributed by atoms with Crippen molar-refractivity contribution in [2.24, 2.45) is 5.92 Å². The maximum Gasteiger partial charge on any atom is 0.314 e. The van der Waals surface area contributed by atoms with E-state index in [4.69, 9.17) is 5.11 Å². The Morgan fingerprint density at radius 2 is 1.73 bits per heavy atom. The summed E-state index contributed by atoms with van der Waals surface area (Å²) >= 11 is 0. The van der Waals surface area contributed by atoms with E-state index in [0.717, 1.165) is 5.56 Å². The minimum absolute atomic E-state index is 0.00606. The average molecular weight is 305 g/mol. The lowest BCUT2D eigenvalue weighted by atomic mass is 9.94. The second-order valence-electron chi connectivity index (χ2n) is 5.54. The number of likely N-dealkylation sites (N-methyl/N-ethyl adjacent to an activating group) is 1. The molecule has 0 aromatic heterocycles.